The summed E-state index contributed by atoms with van der Waals surface area (Å²) < 4.78 is 0. The second-order valence-electron chi connectivity index (χ2n) is 1.02. The van der Waals surface area contributed by atoms with Crippen LogP contribution in [-0.2, 0) is 9.63 Å². The first-order valence-electron chi connectivity index (χ1n) is 1.89. The third-order valence-corrected chi connectivity index (χ3v) is 0.400. The fourth-order valence-electron chi connectivity index (χ4n) is 0.180. The highest BCUT2D eigenvalue weighted by Gasteiger charge is 2.04. The lowest BCUT2D eigenvalue weighted by atomic mass is 10.5. The molecule has 0 saturated carbocycles. The van der Waals surface area contributed by atoms with Crippen molar-refractivity contribution in [1.82, 2.24) is 0 Å². The number of carbonyl (C=O) groups excluding carboxylic acids is 1. The van der Waals surface area contributed by atoms with Crippen LogP contribution in [-0.4, -0.2) is 11.1 Å². The van der Waals surface area contributed by atoms with E-state index in [4.69, 9.17) is 5.26 Å². The Kier molecular flexibility index (Phi) is 2.76. The third kappa shape index (κ3) is 4.21. The van der Waals surface area contributed by atoms with Crippen LogP contribution >= 0.6 is 0 Å². The zero-order valence-electron chi connectivity index (χ0n) is 4.23. The van der Waals surface area contributed by atoms with Crippen molar-refractivity contribution in [2.24, 2.45) is 0 Å². The zero-order valence-corrected chi connectivity index (χ0v) is 4.23. The maximum Gasteiger partial charge on any atom is 0.317 e. The highest BCUT2D eigenvalue weighted by atomic mass is 17.0. The Labute approximate surface area is 49.7 Å². The molecule has 0 aliphatic carbocycles. The predicted octanol–water partition coefficient (Wildman–Crippen LogP) is -0.365. The summed E-state index contributed by atoms with van der Waals surface area (Å²) in [5.41, 5.74) is 0. The number of nitrogens with zero attached hydrogens (tertiary/aromatic N) is 2. The summed E-state index contributed by atoms with van der Waals surface area (Å²) in [7, 11) is 0. The Morgan fingerprint density at radius 3 is 2.78 bits per heavy atom. The van der Waals surface area contributed by atoms with Gasteiger partial charge in [-0.1, -0.05) is 0 Å². The summed E-state index contributed by atoms with van der Waals surface area (Å²) in [6.45, 7) is 0. The average molecular weight is 130 g/mol. The standard InChI is InChI=1S/C3H2N2O4/c4-2-1-3(6)9-5(7)8/h1H2. The van der Waals surface area contributed by atoms with Crippen molar-refractivity contribution in [1.29, 1.82) is 5.26 Å². The van der Waals surface area contributed by atoms with Gasteiger partial charge in [-0.15, -0.1) is 10.1 Å². The first-order valence-corrected chi connectivity index (χ1v) is 1.89. The van der Waals surface area contributed by atoms with Gasteiger partial charge >= 0.3 is 11.1 Å². The summed E-state index contributed by atoms with van der Waals surface area (Å²) in [6, 6.07) is 1.39. The van der Waals surface area contributed by atoms with E-state index in [-0.39, 0.29) is 0 Å². The molecule has 0 aromatic heterocycles. The van der Waals surface area contributed by atoms with Crippen LogP contribution in [0.4, 0.5) is 0 Å². The van der Waals surface area contributed by atoms with Crippen molar-refractivity contribution in [3.8, 4) is 6.07 Å². The van der Waals surface area contributed by atoms with E-state index in [0.717, 1.165) is 0 Å². The van der Waals surface area contributed by atoms with Gasteiger partial charge in [0.25, 0.3) is 0 Å². The molecule has 0 spiro atoms. The van der Waals surface area contributed by atoms with E-state index in [1.54, 1.807) is 0 Å². The van der Waals surface area contributed by atoms with Crippen molar-refractivity contribution >= 4 is 5.97 Å². The molecule has 0 aliphatic rings. The minimum atomic E-state index is -1.25. The van der Waals surface area contributed by atoms with Gasteiger partial charge in [0.1, 0.15) is 6.42 Å². The van der Waals surface area contributed by atoms with E-state index in [2.05, 4.69) is 4.84 Å². The van der Waals surface area contributed by atoms with Crippen molar-refractivity contribution in [2.75, 3.05) is 0 Å². The molecule has 48 valence electrons. The van der Waals surface area contributed by atoms with Gasteiger partial charge in [-0.2, -0.15) is 5.26 Å². The number of rotatable bonds is 2. The Bertz CT molecular complexity index is 169. The van der Waals surface area contributed by atoms with Gasteiger partial charge in [-0.05, 0) is 0 Å². The van der Waals surface area contributed by atoms with Gasteiger partial charge in [0.2, 0.25) is 0 Å². The number of nitriles is 1. The van der Waals surface area contributed by atoms with Crippen molar-refractivity contribution in [3.05, 3.63) is 10.1 Å². The van der Waals surface area contributed by atoms with Gasteiger partial charge in [0, 0.05) is 0 Å². The lowest BCUT2D eigenvalue weighted by Crippen LogP contribution is -2.08. The smallest absolute Gasteiger partial charge is 0.267 e. The van der Waals surface area contributed by atoms with Gasteiger partial charge < -0.3 is 0 Å². The molecule has 0 saturated heterocycles. The minimum absolute atomic E-state index is 0.596. The van der Waals surface area contributed by atoms with Crippen molar-refractivity contribution < 1.29 is 14.7 Å². The van der Waals surface area contributed by atoms with Crippen LogP contribution in [0.1, 0.15) is 6.42 Å². The zero-order chi connectivity index (χ0) is 7.28. The van der Waals surface area contributed by atoms with Gasteiger partial charge in [-0.25, -0.2) is 4.84 Å². The van der Waals surface area contributed by atoms with E-state index >= 15 is 0 Å². The number of hydrogen-bond acceptors (Lipinski definition) is 5. The second-order valence-corrected chi connectivity index (χ2v) is 1.02. The van der Waals surface area contributed by atoms with Gasteiger partial charge in [0.05, 0.1) is 6.07 Å². The molecule has 0 bridgehead atoms. The maximum absolute atomic E-state index is 9.97. The molecule has 0 radical (unpaired) electrons. The minimum Gasteiger partial charge on any atom is -0.267 e. The van der Waals surface area contributed by atoms with Crippen LogP contribution in [0.5, 0.6) is 0 Å². The molecule has 0 unspecified atom stereocenters. The van der Waals surface area contributed by atoms with E-state index in [1.165, 1.54) is 6.07 Å². The molecule has 0 fully saturated rings. The van der Waals surface area contributed by atoms with E-state index in [0.29, 0.717) is 0 Å². The lowest BCUT2D eigenvalue weighted by Gasteiger charge is -1.86. The Morgan fingerprint density at radius 1 is 1.89 bits per heavy atom. The third-order valence-electron chi connectivity index (χ3n) is 0.400. The molecular weight excluding hydrogens is 128 g/mol. The van der Waals surface area contributed by atoms with Crippen LogP contribution in [0.15, 0.2) is 0 Å². The molecule has 0 aromatic rings. The van der Waals surface area contributed by atoms with Gasteiger partial charge in [0.15, 0.2) is 0 Å². The molecule has 0 aliphatic heterocycles. The molecular formula is C3H2N2O4. The van der Waals surface area contributed by atoms with Gasteiger partial charge in [-0.3, -0.25) is 4.79 Å². The first-order chi connectivity index (χ1) is 4.16. The predicted molar refractivity (Wildman–Crippen MR) is 23.3 cm³/mol. The van der Waals surface area contributed by atoms with Crippen LogP contribution < -0.4 is 0 Å². The summed E-state index contributed by atoms with van der Waals surface area (Å²) >= 11 is 0. The fraction of sp³-hybridized carbons (Fsp3) is 0.333. The van der Waals surface area contributed by atoms with Crippen LogP contribution in [0.3, 0.4) is 0 Å². The first kappa shape index (κ1) is 7.36. The summed E-state index contributed by atoms with van der Waals surface area (Å²) in [4.78, 5) is 22.7. The maximum atomic E-state index is 9.97. The molecule has 0 amide bonds. The normalized spacial score (nSPS) is 7.44. The second kappa shape index (κ2) is 3.37. The molecule has 6 heteroatoms. The Morgan fingerprint density at radius 2 is 2.44 bits per heavy atom. The highest BCUT2D eigenvalue weighted by Crippen LogP contribution is 1.82. The van der Waals surface area contributed by atoms with Crippen LogP contribution in [0, 0.1) is 21.4 Å². The average Bonchev–Trinajstić information content (AvgIpc) is 1.63. The van der Waals surface area contributed by atoms with Crippen molar-refractivity contribution in [2.45, 2.75) is 6.42 Å². The summed E-state index contributed by atoms with van der Waals surface area (Å²) in [6.07, 6.45) is -0.596. The quantitative estimate of drug-likeness (QED) is 0.375. The highest BCUT2D eigenvalue weighted by molar-refractivity contribution is 5.70. The molecule has 0 aromatic carbocycles. The monoisotopic (exact) mass is 130 g/mol. The lowest BCUT2D eigenvalue weighted by molar-refractivity contribution is -0.729. The molecule has 0 rings (SSSR count). The molecule has 9 heavy (non-hydrogen) atoms. The van der Waals surface area contributed by atoms with Crippen molar-refractivity contribution in [3.63, 3.8) is 0 Å². The molecule has 0 atom stereocenters. The van der Waals surface area contributed by atoms with E-state index in [9.17, 15) is 14.9 Å². The topological polar surface area (TPSA) is 93.2 Å². The van der Waals surface area contributed by atoms with E-state index < -0.39 is 17.5 Å². The largest absolute Gasteiger partial charge is 0.317 e. The van der Waals surface area contributed by atoms with Crippen LogP contribution in [0.25, 0.3) is 0 Å². The molecule has 0 heterocycles. The summed E-state index contributed by atoms with van der Waals surface area (Å²) in [5.74, 6) is -1.15. The number of hydrogen-bond donors (Lipinski definition) is 0. The van der Waals surface area contributed by atoms with E-state index in [1.807, 2.05) is 0 Å². The Balaban J connectivity index is 3.54. The SMILES string of the molecule is N#CCC(=O)O[N+](=O)[O-]. The molecule has 6 nitrogen and oxygen atoms in total. The Hall–Kier alpha value is -1.64. The fourth-order valence-corrected chi connectivity index (χ4v) is 0.180. The number of carbonyl (C=O) groups is 1. The molecule has 0 N–H and O–H groups in total. The summed E-state index contributed by atoms with van der Waals surface area (Å²) in [5, 5.41) is 15.9. The van der Waals surface area contributed by atoms with Crippen LogP contribution in [0.2, 0.25) is 0 Å².